The molecule has 2 aromatic rings. The zero-order valence-electron chi connectivity index (χ0n) is 15.6. The molecule has 0 spiro atoms. The maximum absolute atomic E-state index is 12.5. The van der Waals surface area contributed by atoms with Crippen molar-refractivity contribution in [3.05, 3.63) is 47.3 Å². The number of carbonyl (C=O) groups excluding carboxylic acids is 1. The number of hydrogen-bond donors (Lipinski definition) is 1. The van der Waals surface area contributed by atoms with Gasteiger partial charge < -0.3 is 9.42 Å². The summed E-state index contributed by atoms with van der Waals surface area (Å²) >= 11 is 0. The zero-order chi connectivity index (χ0) is 19.4. The summed E-state index contributed by atoms with van der Waals surface area (Å²) in [4.78, 5) is 14.5. The van der Waals surface area contributed by atoms with Crippen LogP contribution in [0.3, 0.4) is 0 Å². The number of aryl methyl sites for hydroxylation is 2. The largest absolute Gasteiger partial charge is 0.360 e. The van der Waals surface area contributed by atoms with E-state index in [1.54, 1.807) is 13.8 Å². The Kier molecular flexibility index (Phi) is 5.96. The quantitative estimate of drug-likeness (QED) is 0.817. The van der Waals surface area contributed by atoms with Gasteiger partial charge in [0, 0.05) is 25.2 Å². The minimum atomic E-state index is -3.61. The van der Waals surface area contributed by atoms with E-state index in [1.807, 2.05) is 35.2 Å². The van der Waals surface area contributed by atoms with Crippen LogP contribution in [0.2, 0.25) is 0 Å². The van der Waals surface area contributed by atoms with Gasteiger partial charge in [0.2, 0.25) is 10.0 Å². The van der Waals surface area contributed by atoms with Gasteiger partial charge in [-0.3, -0.25) is 4.79 Å². The standard InChI is InChI=1S/C19H25N3O4S/c1-14-18(15(2)26-21-14)27(24,25)20-11-8-16-9-12-22(13-10-16)19(23)17-6-4-3-5-7-17/h3-7,16,20H,8-13H2,1-2H3. The van der Waals surface area contributed by atoms with Gasteiger partial charge in [-0.2, -0.15) is 0 Å². The van der Waals surface area contributed by atoms with Crippen molar-refractivity contribution < 1.29 is 17.7 Å². The van der Waals surface area contributed by atoms with E-state index in [9.17, 15) is 13.2 Å². The Hall–Kier alpha value is -2.19. The van der Waals surface area contributed by atoms with Crippen molar-refractivity contribution in [3.8, 4) is 0 Å². The van der Waals surface area contributed by atoms with E-state index in [-0.39, 0.29) is 10.8 Å². The normalized spacial score (nSPS) is 15.9. The Labute approximate surface area is 159 Å². The molecule has 27 heavy (non-hydrogen) atoms. The summed E-state index contributed by atoms with van der Waals surface area (Å²) in [5.41, 5.74) is 1.08. The Morgan fingerprint density at radius 1 is 1.22 bits per heavy atom. The molecule has 0 aliphatic carbocycles. The van der Waals surface area contributed by atoms with E-state index in [0.717, 1.165) is 19.3 Å². The number of benzene rings is 1. The highest BCUT2D eigenvalue weighted by atomic mass is 32.2. The topological polar surface area (TPSA) is 92.5 Å². The summed E-state index contributed by atoms with van der Waals surface area (Å²) in [5, 5.41) is 3.70. The number of piperidine rings is 1. The highest BCUT2D eigenvalue weighted by Crippen LogP contribution is 2.23. The van der Waals surface area contributed by atoms with E-state index < -0.39 is 10.0 Å². The van der Waals surface area contributed by atoms with E-state index in [1.165, 1.54) is 0 Å². The number of sulfonamides is 1. The highest BCUT2D eigenvalue weighted by molar-refractivity contribution is 7.89. The first-order valence-electron chi connectivity index (χ1n) is 9.15. The lowest BCUT2D eigenvalue weighted by Gasteiger charge is -2.32. The third-order valence-electron chi connectivity index (χ3n) is 5.00. The first-order valence-corrected chi connectivity index (χ1v) is 10.6. The molecule has 1 aliphatic heterocycles. The lowest BCUT2D eigenvalue weighted by Crippen LogP contribution is -2.39. The Balaban J connectivity index is 1.47. The van der Waals surface area contributed by atoms with Gasteiger partial charge >= 0.3 is 0 Å². The van der Waals surface area contributed by atoms with E-state index in [4.69, 9.17) is 4.52 Å². The van der Waals surface area contributed by atoms with Crippen LogP contribution < -0.4 is 4.72 Å². The van der Waals surface area contributed by atoms with Crippen molar-refractivity contribution in [2.24, 2.45) is 5.92 Å². The second-order valence-electron chi connectivity index (χ2n) is 6.94. The highest BCUT2D eigenvalue weighted by Gasteiger charge is 2.26. The number of carbonyl (C=O) groups is 1. The smallest absolute Gasteiger partial charge is 0.253 e. The van der Waals surface area contributed by atoms with Crippen LogP contribution in [0.4, 0.5) is 0 Å². The zero-order valence-corrected chi connectivity index (χ0v) is 16.5. The Morgan fingerprint density at radius 3 is 2.48 bits per heavy atom. The third kappa shape index (κ3) is 4.56. The van der Waals surface area contributed by atoms with Gasteiger partial charge in [-0.1, -0.05) is 23.4 Å². The molecule has 7 nitrogen and oxygen atoms in total. The van der Waals surface area contributed by atoms with Crippen LogP contribution in [0.1, 0.15) is 41.1 Å². The summed E-state index contributed by atoms with van der Waals surface area (Å²) in [5.74, 6) is 0.762. The minimum absolute atomic E-state index is 0.0631. The SMILES string of the molecule is Cc1noc(C)c1S(=O)(=O)NCCC1CCN(C(=O)c2ccccc2)CC1. The van der Waals surface area contributed by atoms with Crippen molar-refractivity contribution in [1.82, 2.24) is 14.8 Å². The predicted molar refractivity (Wildman–Crippen MR) is 101 cm³/mol. The predicted octanol–water partition coefficient (Wildman–Crippen LogP) is 2.51. The average molecular weight is 391 g/mol. The molecule has 1 fully saturated rings. The van der Waals surface area contributed by atoms with Gasteiger partial charge in [0.05, 0.1) is 0 Å². The first-order chi connectivity index (χ1) is 12.9. The van der Waals surface area contributed by atoms with E-state index >= 15 is 0 Å². The minimum Gasteiger partial charge on any atom is -0.360 e. The van der Waals surface area contributed by atoms with Gasteiger partial charge in [0.1, 0.15) is 10.6 Å². The van der Waals surface area contributed by atoms with Crippen LogP contribution in [0.5, 0.6) is 0 Å². The fourth-order valence-corrected chi connectivity index (χ4v) is 4.89. The molecule has 0 bridgehead atoms. The molecule has 0 radical (unpaired) electrons. The number of nitrogens with one attached hydrogen (secondary N) is 1. The second kappa shape index (κ2) is 8.22. The summed E-state index contributed by atoms with van der Waals surface area (Å²) in [6.45, 7) is 4.98. The van der Waals surface area contributed by atoms with Crippen LogP contribution >= 0.6 is 0 Å². The van der Waals surface area contributed by atoms with Crippen molar-refractivity contribution in [3.63, 3.8) is 0 Å². The molecule has 1 saturated heterocycles. The lowest BCUT2D eigenvalue weighted by molar-refractivity contribution is 0.0687. The van der Waals surface area contributed by atoms with Crippen LogP contribution in [0.25, 0.3) is 0 Å². The van der Waals surface area contributed by atoms with Crippen molar-refractivity contribution in [2.45, 2.75) is 38.0 Å². The maximum atomic E-state index is 12.5. The van der Waals surface area contributed by atoms with Gasteiger partial charge in [-0.15, -0.1) is 0 Å². The third-order valence-corrected chi connectivity index (χ3v) is 6.71. The number of amides is 1. The van der Waals surface area contributed by atoms with Crippen molar-refractivity contribution in [1.29, 1.82) is 0 Å². The molecule has 146 valence electrons. The number of likely N-dealkylation sites (tertiary alicyclic amines) is 1. The van der Waals surface area contributed by atoms with Gasteiger partial charge in [0.25, 0.3) is 5.91 Å². The molecule has 0 unspecified atom stereocenters. The summed E-state index contributed by atoms with van der Waals surface area (Å²) in [6.07, 6.45) is 2.51. The lowest BCUT2D eigenvalue weighted by atomic mass is 9.93. The first kappa shape index (κ1) is 19.6. The number of aromatic nitrogens is 1. The van der Waals surface area contributed by atoms with Crippen molar-refractivity contribution in [2.75, 3.05) is 19.6 Å². The Bertz CT molecular complexity index is 865. The molecule has 1 aromatic heterocycles. The maximum Gasteiger partial charge on any atom is 0.253 e. The molecule has 0 saturated carbocycles. The van der Waals surface area contributed by atoms with Gasteiger partial charge in [-0.05, 0) is 51.2 Å². The molecular formula is C19H25N3O4S. The van der Waals surface area contributed by atoms with Crippen LogP contribution in [-0.2, 0) is 10.0 Å². The summed E-state index contributed by atoms with van der Waals surface area (Å²) < 4.78 is 32.4. The number of nitrogens with zero attached hydrogens (tertiary/aromatic N) is 2. The fourth-order valence-electron chi connectivity index (χ4n) is 3.52. The molecule has 0 atom stereocenters. The van der Waals surface area contributed by atoms with Gasteiger partial charge in [0.15, 0.2) is 5.76 Å². The Morgan fingerprint density at radius 2 is 1.89 bits per heavy atom. The summed E-state index contributed by atoms with van der Waals surface area (Å²) in [7, 11) is -3.61. The fraction of sp³-hybridized carbons (Fsp3) is 0.474. The van der Waals surface area contributed by atoms with Gasteiger partial charge in [-0.25, -0.2) is 13.1 Å². The van der Waals surface area contributed by atoms with Crippen LogP contribution in [-0.4, -0.2) is 44.0 Å². The molecule has 3 rings (SSSR count). The number of hydrogen-bond acceptors (Lipinski definition) is 5. The molecule has 1 N–H and O–H groups in total. The molecular weight excluding hydrogens is 366 g/mol. The molecule has 8 heteroatoms. The second-order valence-corrected chi connectivity index (χ2v) is 8.65. The molecule has 1 aliphatic rings. The van der Waals surface area contributed by atoms with E-state index in [0.29, 0.717) is 42.6 Å². The van der Waals surface area contributed by atoms with Crippen LogP contribution in [0, 0.1) is 19.8 Å². The van der Waals surface area contributed by atoms with Crippen molar-refractivity contribution >= 4 is 15.9 Å². The van der Waals surface area contributed by atoms with E-state index in [2.05, 4.69) is 9.88 Å². The average Bonchev–Trinajstić information content (AvgIpc) is 3.01. The molecule has 1 aromatic carbocycles. The number of rotatable bonds is 6. The van der Waals surface area contributed by atoms with Crippen LogP contribution in [0.15, 0.2) is 39.8 Å². The summed E-state index contributed by atoms with van der Waals surface area (Å²) in [6, 6.07) is 9.29. The molecule has 2 heterocycles. The molecule has 1 amide bonds. The monoisotopic (exact) mass is 391 g/mol.